The van der Waals surface area contributed by atoms with Crippen LogP contribution in [0.3, 0.4) is 0 Å². The van der Waals surface area contributed by atoms with Crippen LogP contribution in [0.15, 0.2) is 18.2 Å². The van der Waals surface area contributed by atoms with E-state index in [9.17, 15) is 14.3 Å². The third kappa shape index (κ3) is 4.17. The van der Waals surface area contributed by atoms with Crippen LogP contribution in [0, 0.1) is 5.82 Å². The molecule has 0 spiro atoms. The highest BCUT2D eigenvalue weighted by Crippen LogP contribution is 2.23. The van der Waals surface area contributed by atoms with E-state index in [0.29, 0.717) is 5.56 Å². The van der Waals surface area contributed by atoms with Gasteiger partial charge in [0.2, 0.25) is 0 Å². The predicted molar refractivity (Wildman–Crippen MR) is 77.5 cm³/mol. The zero-order chi connectivity index (χ0) is 15.4. The number of aliphatic hydroxyl groups is 1. The summed E-state index contributed by atoms with van der Waals surface area (Å²) in [6, 6.07) is 4.47. The van der Waals surface area contributed by atoms with Gasteiger partial charge in [0.1, 0.15) is 0 Å². The topological polar surface area (TPSA) is 58.6 Å². The molecule has 0 aromatic heterocycles. The monoisotopic (exact) mass is 295 g/mol. The maximum absolute atomic E-state index is 13.9. The fourth-order valence-corrected chi connectivity index (χ4v) is 2.51. The van der Waals surface area contributed by atoms with E-state index in [1.807, 2.05) is 0 Å². The summed E-state index contributed by atoms with van der Waals surface area (Å²) in [5.74, 6) is -0.775. The van der Waals surface area contributed by atoms with Crippen LogP contribution in [0.4, 0.5) is 4.39 Å². The van der Waals surface area contributed by atoms with Gasteiger partial charge in [-0.15, -0.1) is 0 Å². The number of hydrogen-bond donors (Lipinski definition) is 2. The standard InChI is InChI=1S/C16H22FNO3/c1-10(19)12-7-8-15(14(17)9-12)21-11(2)16(20)18-13-5-3-4-6-13/h7-11,13,19H,3-6H2,1-2H3,(H,18,20)/t10-,11?/m0/s1. The number of aliphatic hydroxyl groups excluding tert-OH is 1. The molecule has 1 amide bonds. The Morgan fingerprint density at radius 3 is 2.62 bits per heavy atom. The van der Waals surface area contributed by atoms with Crippen molar-refractivity contribution >= 4 is 5.91 Å². The highest BCUT2D eigenvalue weighted by molar-refractivity contribution is 5.81. The van der Waals surface area contributed by atoms with E-state index in [1.54, 1.807) is 19.9 Å². The Hall–Kier alpha value is -1.62. The fraction of sp³-hybridized carbons (Fsp3) is 0.562. The van der Waals surface area contributed by atoms with Gasteiger partial charge in [0.25, 0.3) is 5.91 Å². The molecule has 116 valence electrons. The molecule has 0 radical (unpaired) electrons. The van der Waals surface area contributed by atoms with Gasteiger partial charge < -0.3 is 15.2 Å². The number of ether oxygens (including phenoxy) is 1. The predicted octanol–water partition coefficient (Wildman–Crippen LogP) is 2.71. The van der Waals surface area contributed by atoms with Crippen LogP contribution in [0.1, 0.15) is 51.2 Å². The molecule has 0 heterocycles. The SMILES string of the molecule is CC(Oc1ccc([C@H](C)O)cc1F)C(=O)NC1CCCC1. The summed E-state index contributed by atoms with van der Waals surface area (Å²) in [4.78, 5) is 12.0. The van der Waals surface area contributed by atoms with E-state index in [2.05, 4.69) is 5.32 Å². The summed E-state index contributed by atoms with van der Waals surface area (Å²) in [5, 5.41) is 12.3. The maximum atomic E-state index is 13.9. The van der Waals surface area contributed by atoms with E-state index in [4.69, 9.17) is 4.74 Å². The van der Waals surface area contributed by atoms with Gasteiger partial charge in [0, 0.05) is 6.04 Å². The molecule has 2 N–H and O–H groups in total. The molecule has 0 bridgehead atoms. The summed E-state index contributed by atoms with van der Waals surface area (Å²) < 4.78 is 19.3. The van der Waals surface area contributed by atoms with Gasteiger partial charge >= 0.3 is 0 Å². The molecule has 1 aromatic carbocycles. The van der Waals surface area contributed by atoms with Crippen molar-refractivity contribution in [1.82, 2.24) is 5.32 Å². The molecule has 1 aliphatic rings. The number of benzene rings is 1. The highest BCUT2D eigenvalue weighted by atomic mass is 19.1. The number of carbonyl (C=O) groups is 1. The Morgan fingerprint density at radius 1 is 1.38 bits per heavy atom. The summed E-state index contributed by atoms with van der Waals surface area (Å²) >= 11 is 0. The smallest absolute Gasteiger partial charge is 0.260 e. The van der Waals surface area contributed by atoms with Gasteiger partial charge in [-0.1, -0.05) is 18.9 Å². The third-order valence-electron chi connectivity index (χ3n) is 3.81. The quantitative estimate of drug-likeness (QED) is 0.878. The molecule has 2 atom stereocenters. The maximum Gasteiger partial charge on any atom is 0.260 e. The van der Waals surface area contributed by atoms with E-state index >= 15 is 0 Å². The van der Waals surface area contributed by atoms with Crippen molar-refractivity contribution < 1.29 is 19.0 Å². The Balaban J connectivity index is 1.95. The Kier molecular flexibility index (Phi) is 5.17. The first kappa shape index (κ1) is 15.8. The summed E-state index contributed by atoms with van der Waals surface area (Å²) in [6.45, 7) is 3.17. The minimum Gasteiger partial charge on any atom is -0.478 e. The molecular weight excluding hydrogens is 273 g/mol. The second-order valence-corrected chi connectivity index (χ2v) is 5.62. The van der Waals surface area contributed by atoms with Crippen LogP contribution >= 0.6 is 0 Å². The first-order valence-electron chi connectivity index (χ1n) is 7.42. The first-order valence-corrected chi connectivity index (χ1v) is 7.42. The molecular formula is C16H22FNO3. The lowest BCUT2D eigenvalue weighted by Gasteiger charge is -2.18. The number of amides is 1. The van der Waals surface area contributed by atoms with Crippen molar-refractivity contribution in [2.24, 2.45) is 0 Å². The lowest BCUT2D eigenvalue weighted by atomic mass is 10.1. The average molecular weight is 295 g/mol. The van der Waals surface area contributed by atoms with Crippen molar-refractivity contribution in [1.29, 1.82) is 0 Å². The molecule has 1 unspecified atom stereocenters. The van der Waals surface area contributed by atoms with Gasteiger partial charge in [0.15, 0.2) is 17.7 Å². The molecule has 1 aliphatic carbocycles. The van der Waals surface area contributed by atoms with Gasteiger partial charge in [0.05, 0.1) is 6.10 Å². The van der Waals surface area contributed by atoms with Crippen LogP contribution in [-0.2, 0) is 4.79 Å². The first-order chi connectivity index (χ1) is 9.97. The van der Waals surface area contributed by atoms with Crippen LogP contribution in [-0.4, -0.2) is 23.2 Å². The molecule has 5 heteroatoms. The zero-order valence-electron chi connectivity index (χ0n) is 12.4. The van der Waals surface area contributed by atoms with Crippen molar-refractivity contribution in [3.05, 3.63) is 29.6 Å². The largest absolute Gasteiger partial charge is 0.478 e. The van der Waals surface area contributed by atoms with Gasteiger partial charge in [-0.05, 0) is 44.4 Å². The molecule has 1 aromatic rings. The number of carbonyl (C=O) groups excluding carboxylic acids is 1. The number of nitrogens with one attached hydrogen (secondary N) is 1. The molecule has 4 nitrogen and oxygen atoms in total. The number of hydrogen-bond acceptors (Lipinski definition) is 3. The second-order valence-electron chi connectivity index (χ2n) is 5.62. The minimum absolute atomic E-state index is 0.0217. The van der Waals surface area contributed by atoms with E-state index in [1.165, 1.54) is 12.1 Å². The Labute approximate surface area is 124 Å². The minimum atomic E-state index is -0.752. The Morgan fingerprint density at radius 2 is 2.05 bits per heavy atom. The lowest BCUT2D eigenvalue weighted by molar-refractivity contribution is -0.128. The molecule has 0 saturated heterocycles. The summed E-state index contributed by atoms with van der Waals surface area (Å²) in [7, 11) is 0. The van der Waals surface area contributed by atoms with Gasteiger partial charge in [-0.3, -0.25) is 4.79 Å². The summed E-state index contributed by atoms with van der Waals surface area (Å²) in [6.07, 6.45) is 2.77. The van der Waals surface area contributed by atoms with E-state index in [-0.39, 0.29) is 17.7 Å². The van der Waals surface area contributed by atoms with E-state index < -0.39 is 18.0 Å². The third-order valence-corrected chi connectivity index (χ3v) is 3.81. The van der Waals surface area contributed by atoms with E-state index in [0.717, 1.165) is 25.7 Å². The van der Waals surface area contributed by atoms with Gasteiger partial charge in [-0.25, -0.2) is 4.39 Å². The molecule has 0 aliphatic heterocycles. The molecule has 1 fully saturated rings. The summed E-state index contributed by atoms with van der Waals surface area (Å²) in [5.41, 5.74) is 0.475. The van der Waals surface area contributed by atoms with Crippen molar-refractivity contribution in [2.75, 3.05) is 0 Å². The fourth-order valence-electron chi connectivity index (χ4n) is 2.51. The van der Waals surface area contributed by atoms with Crippen LogP contribution < -0.4 is 10.1 Å². The molecule has 21 heavy (non-hydrogen) atoms. The van der Waals surface area contributed by atoms with Crippen molar-refractivity contribution in [3.63, 3.8) is 0 Å². The molecule has 1 saturated carbocycles. The van der Waals surface area contributed by atoms with Crippen molar-refractivity contribution in [2.45, 2.75) is 57.8 Å². The van der Waals surface area contributed by atoms with Crippen LogP contribution in [0.5, 0.6) is 5.75 Å². The Bertz CT molecular complexity index is 498. The molecule has 2 rings (SSSR count). The number of halogens is 1. The number of rotatable bonds is 5. The second kappa shape index (κ2) is 6.89. The lowest BCUT2D eigenvalue weighted by Crippen LogP contribution is -2.41. The van der Waals surface area contributed by atoms with Crippen LogP contribution in [0.2, 0.25) is 0 Å². The van der Waals surface area contributed by atoms with Crippen LogP contribution in [0.25, 0.3) is 0 Å². The average Bonchev–Trinajstić information content (AvgIpc) is 2.93. The zero-order valence-corrected chi connectivity index (χ0v) is 12.4. The van der Waals surface area contributed by atoms with Gasteiger partial charge in [-0.2, -0.15) is 0 Å². The normalized spacial score (nSPS) is 18.3. The highest BCUT2D eigenvalue weighted by Gasteiger charge is 2.22. The van der Waals surface area contributed by atoms with Crippen molar-refractivity contribution in [3.8, 4) is 5.75 Å².